The second-order valence-corrected chi connectivity index (χ2v) is 9.94. The zero-order valence-corrected chi connectivity index (χ0v) is 18.9. The maximum Gasteiger partial charge on any atom is 0.273 e. The third-order valence-electron chi connectivity index (χ3n) is 4.83. The highest BCUT2D eigenvalue weighted by Crippen LogP contribution is 2.24. The fourth-order valence-corrected chi connectivity index (χ4v) is 5.10. The van der Waals surface area contributed by atoms with Crippen molar-refractivity contribution in [2.24, 2.45) is 0 Å². The number of amides is 1. The lowest BCUT2D eigenvalue weighted by Gasteiger charge is -2.09. The van der Waals surface area contributed by atoms with Gasteiger partial charge in [-0.2, -0.15) is 0 Å². The van der Waals surface area contributed by atoms with Crippen molar-refractivity contribution in [2.45, 2.75) is 18.4 Å². The van der Waals surface area contributed by atoms with Crippen LogP contribution in [0.1, 0.15) is 20.9 Å². The van der Waals surface area contributed by atoms with E-state index >= 15 is 0 Å². The van der Waals surface area contributed by atoms with Crippen LogP contribution >= 0.6 is 11.3 Å². The largest absolute Gasteiger partial charge is 0.346 e. The number of benzene rings is 3. The summed E-state index contributed by atoms with van der Waals surface area (Å²) in [7, 11) is -4.04. The number of sulfonamides is 1. The van der Waals surface area contributed by atoms with E-state index in [4.69, 9.17) is 0 Å². The Balaban J connectivity index is 1.42. The van der Waals surface area contributed by atoms with Gasteiger partial charge >= 0.3 is 0 Å². The molecule has 0 spiro atoms. The number of aryl methyl sites for hydroxylation is 1. The first-order valence-electron chi connectivity index (χ1n) is 9.73. The minimum atomic E-state index is -4.04. The molecule has 0 saturated carbocycles. The average molecular weight is 483 g/mol. The zero-order valence-electron chi connectivity index (χ0n) is 17.3. The van der Waals surface area contributed by atoms with Crippen molar-refractivity contribution in [3.63, 3.8) is 0 Å². The first-order chi connectivity index (χ1) is 15.7. The number of carbonyl (C=O) groups is 1. The molecule has 4 rings (SSSR count). The predicted molar refractivity (Wildman–Crippen MR) is 126 cm³/mol. The van der Waals surface area contributed by atoms with Crippen LogP contribution in [0.3, 0.4) is 0 Å². The van der Waals surface area contributed by atoms with Crippen LogP contribution in [-0.4, -0.2) is 24.2 Å². The van der Waals surface area contributed by atoms with Gasteiger partial charge in [-0.15, -0.1) is 11.3 Å². The summed E-state index contributed by atoms with van der Waals surface area (Å²) < 4.78 is 28.6. The summed E-state index contributed by atoms with van der Waals surface area (Å²) in [6.45, 7) is 1.81. The quantitative estimate of drug-likeness (QED) is 0.299. The first kappa shape index (κ1) is 22.4. The van der Waals surface area contributed by atoms with E-state index in [-0.39, 0.29) is 28.7 Å². The van der Waals surface area contributed by atoms with E-state index in [2.05, 4.69) is 15.0 Å². The summed E-state index contributed by atoms with van der Waals surface area (Å²) in [4.78, 5) is 27.2. The number of nitro groups is 1. The molecule has 168 valence electrons. The Morgan fingerprint density at radius 1 is 1.09 bits per heavy atom. The molecule has 1 aromatic heterocycles. The number of nitrogens with one attached hydrogen (secondary N) is 2. The molecular weight excluding hydrogens is 464 g/mol. The maximum atomic E-state index is 12.6. The fourth-order valence-electron chi connectivity index (χ4n) is 3.11. The number of carbonyl (C=O) groups excluding carboxylic acids is 1. The molecule has 9 nitrogen and oxygen atoms in total. The number of anilines is 1. The van der Waals surface area contributed by atoms with Crippen molar-refractivity contribution in [3.05, 3.63) is 93.0 Å². The highest BCUT2D eigenvalue weighted by atomic mass is 32.2. The summed E-state index contributed by atoms with van der Waals surface area (Å²) in [5.41, 5.74) is 1.53. The molecule has 3 aromatic carbocycles. The van der Waals surface area contributed by atoms with Crippen LogP contribution in [0.4, 0.5) is 11.4 Å². The van der Waals surface area contributed by atoms with E-state index in [1.54, 1.807) is 0 Å². The number of para-hydroxylation sites is 1. The Kier molecular flexibility index (Phi) is 6.07. The number of hydrogen-bond acceptors (Lipinski definition) is 7. The van der Waals surface area contributed by atoms with Crippen LogP contribution in [0.2, 0.25) is 0 Å². The van der Waals surface area contributed by atoms with E-state index in [9.17, 15) is 23.3 Å². The second kappa shape index (κ2) is 8.96. The van der Waals surface area contributed by atoms with Crippen LogP contribution in [0, 0.1) is 17.0 Å². The Morgan fingerprint density at radius 2 is 1.82 bits per heavy atom. The Labute approximate surface area is 193 Å². The van der Waals surface area contributed by atoms with Crippen LogP contribution in [0.25, 0.3) is 10.2 Å². The minimum absolute atomic E-state index is 0.223. The van der Waals surface area contributed by atoms with Crippen LogP contribution in [0.5, 0.6) is 0 Å². The predicted octanol–water partition coefficient (Wildman–Crippen LogP) is 4.24. The molecule has 0 unspecified atom stereocenters. The number of nitro benzene ring substituents is 1. The van der Waals surface area contributed by atoms with Gasteiger partial charge in [0, 0.05) is 22.9 Å². The van der Waals surface area contributed by atoms with Gasteiger partial charge in [-0.05, 0) is 49.4 Å². The SMILES string of the molecule is Cc1ccc(S(=O)(=O)Nc2ccc(C(=O)NCc3nc4ccccc4s3)cc2)cc1[N+](=O)[O-]. The van der Waals surface area contributed by atoms with Crippen molar-refractivity contribution >= 4 is 48.9 Å². The van der Waals surface area contributed by atoms with E-state index in [1.807, 2.05) is 24.3 Å². The molecule has 0 fully saturated rings. The van der Waals surface area contributed by atoms with Gasteiger partial charge < -0.3 is 5.32 Å². The van der Waals surface area contributed by atoms with Crippen molar-refractivity contribution in [1.82, 2.24) is 10.3 Å². The molecule has 33 heavy (non-hydrogen) atoms. The van der Waals surface area contributed by atoms with Crippen LogP contribution in [-0.2, 0) is 16.6 Å². The molecule has 0 bridgehead atoms. The fraction of sp³-hybridized carbons (Fsp3) is 0.0909. The van der Waals surface area contributed by atoms with E-state index in [1.165, 1.54) is 54.7 Å². The highest BCUT2D eigenvalue weighted by molar-refractivity contribution is 7.92. The molecule has 0 aliphatic carbocycles. The van der Waals surface area contributed by atoms with Gasteiger partial charge in [-0.1, -0.05) is 18.2 Å². The number of nitrogens with zero attached hydrogens (tertiary/aromatic N) is 2. The van der Waals surface area contributed by atoms with Crippen molar-refractivity contribution in [1.29, 1.82) is 0 Å². The minimum Gasteiger partial charge on any atom is -0.346 e. The Bertz CT molecular complexity index is 1430. The second-order valence-electron chi connectivity index (χ2n) is 7.15. The highest BCUT2D eigenvalue weighted by Gasteiger charge is 2.20. The summed E-state index contributed by atoms with van der Waals surface area (Å²) >= 11 is 1.50. The molecule has 11 heteroatoms. The standard InChI is InChI=1S/C22H18N4O5S2/c1-14-6-11-17(12-19(14)26(28)29)33(30,31)25-16-9-7-15(8-10-16)22(27)23-13-21-24-18-4-2-3-5-20(18)32-21/h2-12,25H,13H2,1H3,(H,23,27). The summed E-state index contributed by atoms with van der Waals surface area (Å²) in [5.74, 6) is -0.321. The van der Waals surface area contributed by atoms with Gasteiger partial charge in [0.15, 0.2) is 0 Å². The van der Waals surface area contributed by atoms with Crippen LogP contribution < -0.4 is 10.0 Å². The number of thiazole rings is 1. The van der Waals surface area contributed by atoms with Gasteiger partial charge in [-0.3, -0.25) is 19.6 Å². The summed E-state index contributed by atoms with van der Waals surface area (Å²) in [6, 6.07) is 17.3. The van der Waals surface area contributed by atoms with Gasteiger partial charge in [0.25, 0.3) is 21.6 Å². The Morgan fingerprint density at radius 3 is 2.52 bits per heavy atom. The number of hydrogen-bond donors (Lipinski definition) is 2. The molecule has 0 aliphatic heterocycles. The van der Waals surface area contributed by atoms with E-state index < -0.39 is 14.9 Å². The topological polar surface area (TPSA) is 131 Å². The molecular formula is C22H18N4O5S2. The molecule has 0 saturated heterocycles. The monoisotopic (exact) mass is 482 g/mol. The van der Waals surface area contributed by atoms with Gasteiger partial charge in [0.05, 0.1) is 26.6 Å². The normalized spacial score (nSPS) is 11.3. The number of rotatable bonds is 7. The lowest BCUT2D eigenvalue weighted by Crippen LogP contribution is -2.22. The number of fused-ring (bicyclic) bond motifs is 1. The maximum absolute atomic E-state index is 12.6. The average Bonchev–Trinajstić information content (AvgIpc) is 3.21. The zero-order chi connectivity index (χ0) is 23.6. The first-order valence-corrected chi connectivity index (χ1v) is 12.0. The third kappa shape index (κ3) is 4.99. The molecule has 0 radical (unpaired) electrons. The smallest absolute Gasteiger partial charge is 0.273 e. The molecule has 4 aromatic rings. The van der Waals surface area contributed by atoms with Crippen LogP contribution in [0.15, 0.2) is 71.6 Å². The molecule has 1 amide bonds. The summed E-state index contributed by atoms with van der Waals surface area (Å²) in [5, 5.41) is 14.7. The van der Waals surface area contributed by atoms with E-state index in [0.29, 0.717) is 11.1 Å². The lowest BCUT2D eigenvalue weighted by atomic mass is 10.2. The lowest BCUT2D eigenvalue weighted by molar-refractivity contribution is -0.385. The van der Waals surface area contributed by atoms with Gasteiger partial charge in [-0.25, -0.2) is 13.4 Å². The molecule has 0 atom stereocenters. The van der Waals surface area contributed by atoms with Gasteiger partial charge in [0.1, 0.15) is 5.01 Å². The molecule has 1 heterocycles. The molecule has 0 aliphatic rings. The summed E-state index contributed by atoms with van der Waals surface area (Å²) in [6.07, 6.45) is 0. The van der Waals surface area contributed by atoms with Crippen molar-refractivity contribution < 1.29 is 18.1 Å². The number of aromatic nitrogens is 1. The molecule has 2 N–H and O–H groups in total. The van der Waals surface area contributed by atoms with Crippen molar-refractivity contribution in [3.8, 4) is 0 Å². The Hall–Kier alpha value is -3.83. The van der Waals surface area contributed by atoms with Crippen molar-refractivity contribution in [2.75, 3.05) is 4.72 Å². The van der Waals surface area contributed by atoms with E-state index in [0.717, 1.165) is 21.3 Å². The third-order valence-corrected chi connectivity index (χ3v) is 7.24. The van der Waals surface area contributed by atoms with Gasteiger partial charge in [0.2, 0.25) is 0 Å².